The third-order valence-corrected chi connectivity index (χ3v) is 4.23. The number of halogens is 1. The maximum Gasteiger partial charge on any atom is 0.317 e. The van der Waals surface area contributed by atoms with Crippen molar-refractivity contribution < 1.29 is 18.7 Å². The molecule has 0 unspecified atom stereocenters. The van der Waals surface area contributed by atoms with E-state index >= 15 is 0 Å². The van der Waals surface area contributed by atoms with Crippen LogP contribution in [0.1, 0.15) is 31.4 Å². The molecule has 1 fully saturated rings. The van der Waals surface area contributed by atoms with Gasteiger partial charge in [-0.05, 0) is 31.0 Å². The number of nitrogens with one attached hydrogen (secondary N) is 1. The smallest absolute Gasteiger partial charge is 0.317 e. The Bertz CT molecular complexity index is 553. The highest BCUT2D eigenvalue weighted by Gasteiger charge is 2.32. The first kappa shape index (κ1) is 17.7. The van der Waals surface area contributed by atoms with E-state index < -0.39 is 0 Å². The Balaban J connectivity index is 1.92. The molecule has 0 aromatic heterocycles. The summed E-state index contributed by atoms with van der Waals surface area (Å²) in [6.07, 6.45) is 0.856. The zero-order valence-corrected chi connectivity index (χ0v) is 14.0. The van der Waals surface area contributed by atoms with Gasteiger partial charge in [-0.3, -0.25) is 0 Å². The monoisotopic (exact) mass is 324 g/mol. The van der Waals surface area contributed by atoms with Crippen molar-refractivity contribution in [2.24, 2.45) is 0 Å². The van der Waals surface area contributed by atoms with E-state index in [-0.39, 0.29) is 24.1 Å². The molecule has 23 heavy (non-hydrogen) atoms. The van der Waals surface area contributed by atoms with Gasteiger partial charge in [-0.1, -0.05) is 13.0 Å². The van der Waals surface area contributed by atoms with Crippen LogP contribution in [-0.2, 0) is 22.6 Å². The van der Waals surface area contributed by atoms with Crippen LogP contribution in [0.5, 0.6) is 0 Å². The molecule has 5 nitrogen and oxygen atoms in total. The number of rotatable bonds is 5. The van der Waals surface area contributed by atoms with E-state index in [0.29, 0.717) is 31.8 Å². The Morgan fingerprint density at radius 1 is 1.52 bits per heavy atom. The summed E-state index contributed by atoms with van der Waals surface area (Å²) in [6.45, 7) is 6.35. The maximum absolute atomic E-state index is 13.6. The third-order valence-electron chi connectivity index (χ3n) is 4.23. The van der Waals surface area contributed by atoms with Crippen LogP contribution in [-0.4, -0.2) is 43.3 Å². The van der Waals surface area contributed by atoms with E-state index in [1.807, 2.05) is 6.92 Å². The summed E-state index contributed by atoms with van der Waals surface area (Å²) in [7, 11) is 1.52. The molecule has 1 aromatic rings. The lowest BCUT2D eigenvalue weighted by Gasteiger charge is -2.39. The van der Waals surface area contributed by atoms with Gasteiger partial charge < -0.3 is 19.7 Å². The highest BCUT2D eigenvalue weighted by molar-refractivity contribution is 5.74. The molecule has 0 radical (unpaired) electrons. The first-order valence-corrected chi connectivity index (χ1v) is 7.90. The normalized spacial score (nSPS) is 21.3. The molecule has 128 valence electrons. The van der Waals surface area contributed by atoms with Crippen molar-refractivity contribution in [2.75, 3.05) is 26.8 Å². The number of hydrogen-bond acceptors (Lipinski definition) is 3. The van der Waals surface area contributed by atoms with Gasteiger partial charge in [-0.2, -0.15) is 0 Å². The van der Waals surface area contributed by atoms with E-state index in [4.69, 9.17) is 9.47 Å². The molecule has 1 aromatic carbocycles. The minimum absolute atomic E-state index is 0.120. The average molecular weight is 324 g/mol. The van der Waals surface area contributed by atoms with E-state index in [9.17, 15) is 9.18 Å². The number of benzene rings is 1. The molecule has 1 heterocycles. The van der Waals surface area contributed by atoms with Crippen LogP contribution in [0.3, 0.4) is 0 Å². The molecular weight excluding hydrogens is 299 g/mol. The van der Waals surface area contributed by atoms with Crippen molar-refractivity contribution in [3.05, 3.63) is 35.1 Å². The lowest BCUT2D eigenvalue weighted by Crippen LogP contribution is -2.54. The predicted molar refractivity (Wildman–Crippen MR) is 85.6 cm³/mol. The van der Waals surface area contributed by atoms with Crippen LogP contribution in [0.2, 0.25) is 0 Å². The molecular formula is C17H25FN2O3. The Morgan fingerprint density at radius 3 is 3.00 bits per heavy atom. The quantitative estimate of drug-likeness (QED) is 0.906. The van der Waals surface area contributed by atoms with Gasteiger partial charge in [0.15, 0.2) is 0 Å². The van der Waals surface area contributed by atoms with E-state index in [1.54, 1.807) is 17.0 Å². The van der Waals surface area contributed by atoms with Gasteiger partial charge in [0.25, 0.3) is 0 Å². The summed E-state index contributed by atoms with van der Waals surface area (Å²) in [5.74, 6) is -0.297. The van der Waals surface area contributed by atoms with Gasteiger partial charge in [0.1, 0.15) is 5.82 Å². The van der Waals surface area contributed by atoms with Crippen LogP contribution in [0.25, 0.3) is 0 Å². The van der Waals surface area contributed by atoms with Crippen LogP contribution in [0.4, 0.5) is 9.18 Å². The lowest BCUT2D eigenvalue weighted by atomic mass is 10.0. The molecule has 0 bridgehead atoms. The number of amides is 2. The van der Waals surface area contributed by atoms with Crippen LogP contribution in [0.15, 0.2) is 18.2 Å². The van der Waals surface area contributed by atoms with Crippen LogP contribution >= 0.6 is 0 Å². The number of ether oxygens (including phenoxy) is 2. The molecule has 1 aliphatic rings. The lowest BCUT2D eigenvalue weighted by molar-refractivity contribution is -0.0872. The molecule has 6 heteroatoms. The van der Waals surface area contributed by atoms with E-state index in [2.05, 4.69) is 12.2 Å². The Labute approximate surface area is 136 Å². The molecule has 0 saturated carbocycles. The highest BCUT2D eigenvalue weighted by atomic mass is 19.1. The largest absolute Gasteiger partial charge is 0.380 e. The summed E-state index contributed by atoms with van der Waals surface area (Å²) in [5, 5.41) is 2.89. The highest BCUT2D eigenvalue weighted by Crippen LogP contribution is 2.21. The Hall–Kier alpha value is -1.66. The standard InChI is InChI=1S/C17H25FN2O3/c1-4-17(2)12-20(7-8-23-17)16(21)19-10-13-5-6-15(18)14(9-13)11-22-3/h5-6,9H,4,7-8,10-12H2,1-3H3,(H,19,21)/t17-/m1/s1. The molecule has 1 aliphatic heterocycles. The van der Waals surface area contributed by atoms with Gasteiger partial charge in [0.2, 0.25) is 0 Å². The second kappa shape index (κ2) is 7.75. The van der Waals surface area contributed by atoms with E-state index in [0.717, 1.165) is 12.0 Å². The Kier molecular flexibility index (Phi) is 5.96. The first-order valence-electron chi connectivity index (χ1n) is 7.90. The predicted octanol–water partition coefficient (Wildman–Crippen LogP) is 2.68. The fourth-order valence-electron chi connectivity index (χ4n) is 2.61. The summed E-state index contributed by atoms with van der Waals surface area (Å²) in [4.78, 5) is 14.1. The molecule has 1 saturated heterocycles. The molecule has 2 rings (SSSR count). The van der Waals surface area contributed by atoms with Crippen LogP contribution in [0, 0.1) is 5.82 Å². The van der Waals surface area contributed by atoms with Gasteiger partial charge >= 0.3 is 6.03 Å². The summed E-state index contributed by atoms with van der Waals surface area (Å²) in [5.41, 5.74) is 1.05. The first-order chi connectivity index (χ1) is 11.0. The average Bonchev–Trinajstić information content (AvgIpc) is 2.55. The zero-order chi connectivity index (χ0) is 16.9. The summed E-state index contributed by atoms with van der Waals surface area (Å²) in [6, 6.07) is 4.67. The maximum atomic E-state index is 13.6. The second-order valence-corrected chi connectivity index (χ2v) is 6.09. The summed E-state index contributed by atoms with van der Waals surface area (Å²) >= 11 is 0. The van der Waals surface area contributed by atoms with Gasteiger partial charge in [0.05, 0.1) is 25.4 Å². The number of methoxy groups -OCH3 is 1. The number of urea groups is 1. The van der Waals surface area contributed by atoms with Crippen molar-refractivity contribution >= 4 is 6.03 Å². The third kappa shape index (κ3) is 4.65. The summed E-state index contributed by atoms with van der Waals surface area (Å²) < 4.78 is 24.3. The van der Waals surface area contributed by atoms with Crippen molar-refractivity contribution in [3.8, 4) is 0 Å². The van der Waals surface area contributed by atoms with Gasteiger partial charge in [-0.15, -0.1) is 0 Å². The van der Waals surface area contributed by atoms with Crippen molar-refractivity contribution in [3.63, 3.8) is 0 Å². The van der Waals surface area contributed by atoms with Gasteiger partial charge in [0, 0.05) is 25.8 Å². The fourth-order valence-corrected chi connectivity index (χ4v) is 2.61. The number of hydrogen-bond donors (Lipinski definition) is 1. The molecule has 1 N–H and O–H groups in total. The second-order valence-electron chi connectivity index (χ2n) is 6.09. The van der Waals surface area contributed by atoms with Gasteiger partial charge in [-0.25, -0.2) is 9.18 Å². The van der Waals surface area contributed by atoms with Crippen LogP contribution < -0.4 is 5.32 Å². The minimum atomic E-state index is -0.297. The van der Waals surface area contributed by atoms with Crippen molar-refractivity contribution in [1.82, 2.24) is 10.2 Å². The minimum Gasteiger partial charge on any atom is -0.380 e. The molecule has 2 amide bonds. The number of carbonyl (C=O) groups is 1. The van der Waals surface area contributed by atoms with Crippen molar-refractivity contribution in [2.45, 2.75) is 39.0 Å². The number of nitrogens with zero attached hydrogens (tertiary/aromatic N) is 1. The number of morpholine rings is 1. The zero-order valence-electron chi connectivity index (χ0n) is 14.0. The van der Waals surface area contributed by atoms with E-state index in [1.165, 1.54) is 13.2 Å². The topological polar surface area (TPSA) is 50.8 Å². The molecule has 1 atom stereocenters. The SMILES string of the molecule is CC[C@]1(C)CN(C(=O)NCc2ccc(F)c(COC)c2)CCO1. The molecule has 0 aliphatic carbocycles. The Morgan fingerprint density at radius 2 is 2.30 bits per heavy atom. The molecule has 0 spiro atoms. The fraction of sp³-hybridized carbons (Fsp3) is 0.588. The number of carbonyl (C=O) groups excluding carboxylic acids is 1. The van der Waals surface area contributed by atoms with Crippen molar-refractivity contribution in [1.29, 1.82) is 0 Å².